The number of benzene rings is 2. The summed E-state index contributed by atoms with van der Waals surface area (Å²) in [5.41, 5.74) is 2.05. The monoisotopic (exact) mass is 316 g/mol. The van der Waals surface area contributed by atoms with E-state index in [2.05, 4.69) is 0 Å². The van der Waals surface area contributed by atoms with Gasteiger partial charge in [-0.25, -0.2) is 0 Å². The van der Waals surface area contributed by atoms with E-state index in [1.165, 1.54) is 0 Å². The van der Waals surface area contributed by atoms with Crippen LogP contribution in [0.1, 0.15) is 25.0 Å². The Morgan fingerprint density at radius 3 is 1.84 bits per heavy atom. The lowest BCUT2D eigenvalue weighted by Crippen LogP contribution is -1.88. The molecule has 19 heavy (non-hydrogen) atoms. The van der Waals surface area contributed by atoms with E-state index < -0.39 is 0 Å². The number of phenolic OH excluding ortho intramolecular Hbond substituents is 1. The molecule has 0 aliphatic heterocycles. The predicted octanol–water partition coefficient (Wildman–Crippen LogP) is 5.97. The number of rotatable bonds is 2. The van der Waals surface area contributed by atoms with Crippen molar-refractivity contribution in [1.29, 1.82) is 0 Å². The van der Waals surface area contributed by atoms with Crippen LogP contribution in [0.5, 0.6) is 5.75 Å². The molecule has 0 aliphatic carbocycles. The highest BCUT2D eigenvalue weighted by Crippen LogP contribution is 2.27. The zero-order valence-electron chi connectivity index (χ0n) is 10.8. The van der Waals surface area contributed by atoms with Crippen LogP contribution in [0.15, 0.2) is 36.4 Å². The highest BCUT2D eigenvalue weighted by Gasteiger charge is 2.03. The molecule has 2 aromatic carbocycles. The van der Waals surface area contributed by atoms with Crippen LogP contribution in [0.3, 0.4) is 0 Å². The van der Waals surface area contributed by atoms with Crippen molar-refractivity contribution < 1.29 is 5.11 Å². The Morgan fingerprint density at radius 2 is 1.32 bits per heavy atom. The maximum atomic E-state index is 9.32. The predicted molar refractivity (Wildman–Crippen MR) is 83.7 cm³/mol. The highest BCUT2D eigenvalue weighted by molar-refractivity contribution is 6.42. The Hall–Kier alpha value is -0.890. The molecular weight excluding hydrogens is 303 g/mol. The Morgan fingerprint density at radius 1 is 0.789 bits per heavy atom. The number of hydrogen-bond acceptors (Lipinski definition) is 1. The number of hydrogen-bond donors (Lipinski definition) is 1. The third kappa shape index (κ3) is 4.61. The van der Waals surface area contributed by atoms with Crippen LogP contribution in [-0.4, -0.2) is 5.11 Å². The first-order chi connectivity index (χ1) is 9.06. The van der Waals surface area contributed by atoms with E-state index in [4.69, 9.17) is 34.8 Å². The maximum absolute atomic E-state index is 9.32. The van der Waals surface area contributed by atoms with E-state index in [-0.39, 0.29) is 5.75 Å². The van der Waals surface area contributed by atoms with Crippen LogP contribution < -0.4 is 0 Å². The zero-order chi connectivity index (χ0) is 14.4. The van der Waals surface area contributed by atoms with E-state index >= 15 is 0 Å². The van der Waals surface area contributed by atoms with E-state index in [0.29, 0.717) is 21.5 Å². The lowest BCUT2D eigenvalue weighted by molar-refractivity contribution is 0.475. The summed E-state index contributed by atoms with van der Waals surface area (Å²) in [6.07, 6.45) is 0.691. The van der Waals surface area contributed by atoms with Crippen LogP contribution in [0.25, 0.3) is 0 Å². The molecule has 0 saturated carbocycles. The van der Waals surface area contributed by atoms with E-state index in [1.807, 2.05) is 32.0 Å². The minimum atomic E-state index is 0.0876. The molecule has 1 nitrogen and oxygen atoms in total. The minimum absolute atomic E-state index is 0.0876. The molecule has 0 heterocycles. The normalized spacial score (nSPS) is 9.74. The fraction of sp³-hybridized carbons (Fsp3) is 0.200. The summed E-state index contributed by atoms with van der Waals surface area (Å²) < 4.78 is 0. The summed E-state index contributed by atoms with van der Waals surface area (Å²) >= 11 is 17.6. The Kier molecular flexibility index (Phi) is 6.50. The van der Waals surface area contributed by atoms with Gasteiger partial charge in [-0.3, -0.25) is 0 Å². The molecule has 1 N–H and O–H groups in total. The third-order valence-corrected chi connectivity index (χ3v) is 3.45. The number of phenols is 1. The van der Waals surface area contributed by atoms with Gasteiger partial charge in [0, 0.05) is 0 Å². The molecule has 0 aliphatic rings. The van der Waals surface area contributed by atoms with Crippen molar-refractivity contribution in [2.75, 3.05) is 0 Å². The zero-order valence-corrected chi connectivity index (χ0v) is 13.0. The van der Waals surface area contributed by atoms with Crippen LogP contribution >= 0.6 is 34.8 Å². The molecule has 0 amide bonds. The van der Waals surface area contributed by atoms with Crippen molar-refractivity contribution in [3.05, 3.63) is 62.6 Å². The maximum Gasteiger partial charge on any atom is 0.134 e. The molecule has 0 unspecified atom stereocenters. The van der Waals surface area contributed by atoms with Gasteiger partial charge >= 0.3 is 0 Å². The smallest absolute Gasteiger partial charge is 0.134 e. The van der Waals surface area contributed by atoms with Gasteiger partial charge in [0.05, 0.1) is 15.1 Å². The summed E-state index contributed by atoms with van der Waals surface area (Å²) in [6.45, 7) is 4.00. The third-order valence-electron chi connectivity index (χ3n) is 2.40. The van der Waals surface area contributed by atoms with Crippen LogP contribution in [-0.2, 0) is 6.42 Å². The molecule has 0 radical (unpaired) electrons. The minimum Gasteiger partial charge on any atom is -0.506 e. The van der Waals surface area contributed by atoms with Gasteiger partial charge in [0.2, 0.25) is 0 Å². The SMILES string of the molecule is CC.Oc1ccc(Cc2ccc(Cl)c(Cl)c2)cc1Cl. The molecule has 102 valence electrons. The first-order valence-corrected chi connectivity index (χ1v) is 7.11. The van der Waals surface area contributed by atoms with Gasteiger partial charge in [-0.15, -0.1) is 0 Å². The second kappa shape index (κ2) is 7.64. The first kappa shape index (κ1) is 16.2. The molecule has 0 fully saturated rings. The standard InChI is InChI=1S/C13H9Cl3O.C2H6/c14-10-3-1-8(6-11(10)15)5-9-2-4-13(17)12(16)7-9;1-2/h1-4,6-7,17H,5H2;1-2H3. The van der Waals surface area contributed by atoms with Crippen molar-refractivity contribution in [2.24, 2.45) is 0 Å². The van der Waals surface area contributed by atoms with Crippen molar-refractivity contribution in [3.63, 3.8) is 0 Å². The van der Waals surface area contributed by atoms with Crippen LogP contribution in [0.4, 0.5) is 0 Å². The molecule has 0 aromatic heterocycles. The molecule has 4 heteroatoms. The van der Waals surface area contributed by atoms with Gasteiger partial charge in [-0.05, 0) is 41.8 Å². The van der Waals surface area contributed by atoms with Gasteiger partial charge in [-0.1, -0.05) is 60.8 Å². The second-order valence-electron chi connectivity index (χ2n) is 3.71. The summed E-state index contributed by atoms with van der Waals surface area (Å²) in [5, 5.41) is 10.7. The molecule has 2 rings (SSSR count). The highest BCUT2D eigenvalue weighted by atomic mass is 35.5. The van der Waals surface area contributed by atoms with Gasteiger partial charge in [-0.2, -0.15) is 0 Å². The van der Waals surface area contributed by atoms with Gasteiger partial charge in [0.15, 0.2) is 0 Å². The molecule has 2 aromatic rings. The summed E-state index contributed by atoms with van der Waals surface area (Å²) in [5.74, 6) is 0.0876. The topological polar surface area (TPSA) is 20.2 Å². The summed E-state index contributed by atoms with van der Waals surface area (Å²) in [7, 11) is 0. The molecule has 0 atom stereocenters. The fourth-order valence-electron chi connectivity index (χ4n) is 1.55. The number of halogens is 3. The quantitative estimate of drug-likeness (QED) is 0.723. The van der Waals surface area contributed by atoms with E-state index in [9.17, 15) is 5.11 Å². The van der Waals surface area contributed by atoms with Crippen molar-refractivity contribution in [2.45, 2.75) is 20.3 Å². The van der Waals surface area contributed by atoms with E-state index in [0.717, 1.165) is 11.1 Å². The Labute approximate surface area is 128 Å². The first-order valence-electron chi connectivity index (χ1n) is 5.97. The van der Waals surface area contributed by atoms with Crippen LogP contribution in [0.2, 0.25) is 15.1 Å². The van der Waals surface area contributed by atoms with Crippen molar-refractivity contribution in [3.8, 4) is 5.75 Å². The average molecular weight is 318 g/mol. The molecule has 0 spiro atoms. The number of aromatic hydroxyl groups is 1. The average Bonchev–Trinajstić information content (AvgIpc) is 2.41. The van der Waals surface area contributed by atoms with Gasteiger partial charge in [0.25, 0.3) is 0 Å². The molecule has 0 bridgehead atoms. The van der Waals surface area contributed by atoms with Gasteiger partial charge in [0.1, 0.15) is 5.75 Å². The van der Waals surface area contributed by atoms with E-state index in [1.54, 1.807) is 18.2 Å². The van der Waals surface area contributed by atoms with Crippen molar-refractivity contribution >= 4 is 34.8 Å². The Bertz CT molecular complexity index is 504. The fourth-order valence-corrected chi connectivity index (χ4v) is 2.07. The largest absolute Gasteiger partial charge is 0.506 e. The second-order valence-corrected chi connectivity index (χ2v) is 4.93. The lowest BCUT2D eigenvalue weighted by atomic mass is 10.1. The lowest BCUT2D eigenvalue weighted by Gasteiger charge is -2.05. The van der Waals surface area contributed by atoms with Crippen LogP contribution in [0, 0.1) is 0 Å². The molecular formula is C15H15Cl3O. The molecule has 0 saturated heterocycles. The summed E-state index contributed by atoms with van der Waals surface area (Å²) in [6, 6.07) is 10.6. The Balaban J connectivity index is 0.000000861. The summed E-state index contributed by atoms with van der Waals surface area (Å²) in [4.78, 5) is 0. The van der Waals surface area contributed by atoms with Gasteiger partial charge < -0.3 is 5.11 Å². The van der Waals surface area contributed by atoms with Crippen molar-refractivity contribution in [1.82, 2.24) is 0 Å².